The van der Waals surface area contributed by atoms with Crippen molar-refractivity contribution in [3.05, 3.63) is 0 Å². The number of aliphatic hydroxyl groups excluding tert-OH is 12. The molecule has 3 saturated heterocycles. The van der Waals surface area contributed by atoms with Gasteiger partial charge < -0.3 is 144 Å². The van der Waals surface area contributed by atoms with Crippen LogP contribution in [0.5, 0.6) is 0 Å². The fourth-order valence-corrected chi connectivity index (χ4v) is 15.1. The summed E-state index contributed by atoms with van der Waals surface area (Å²) in [6, 6.07) is -1.13. The van der Waals surface area contributed by atoms with E-state index in [9.17, 15) is 90.0 Å². The van der Waals surface area contributed by atoms with E-state index in [4.69, 9.17) is 56.9 Å². The Kier molecular flexibility index (Phi) is 71.8. The van der Waals surface area contributed by atoms with Crippen LogP contribution in [0.25, 0.3) is 0 Å². The van der Waals surface area contributed by atoms with E-state index in [0.717, 1.165) is 25.7 Å². The number of aliphatic hydroxyl groups is 12. The first-order chi connectivity index (χ1) is 61.7. The van der Waals surface area contributed by atoms with E-state index < -0.39 is 148 Å². The second kappa shape index (κ2) is 78.1. The summed E-state index contributed by atoms with van der Waals surface area (Å²) in [5.41, 5.74) is 2.61. The number of hydroxylamine groups is 1. The van der Waals surface area contributed by atoms with Gasteiger partial charge in [0.05, 0.1) is 52.9 Å². The SMILES string of the molecule is CCCCCCCCCCCCCCCCCCOCC(COC(=O)NCCOCCOCCC(=O)N[C@@H](CCCNOC(=O)CCCCOC1OC(CO)C(O)C(O)C1O)C(=O)N(CCCNC(=O)CCCCOC1OC(CO)C(O)C(O)C1O)CCCNC(=O)CCCCOC1OC(CO)C(O)C(O)C1O)OCCCCCCCCCCCCCCCCCC. The maximum absolute atomic E-state index is 14.8. The zero-order valence-corrected chi connectivity index (χ0v) is 77.1. The summed E-state index contributed by atoms with van der Waals surface area (Å²) in [6.45, 7) is 5.20. The van der Waals surface area contributed by atoms with Crippen LogP contribution >= 0.6 is 0 Å². The monoisotopic (exact) mass is 1830 g/mol. The lowest BCUT2D eigenvalue weighted by Gasteiger charge is -2.39. The average molecular weight is 1830 g/mol. The normalized spacial score (nSPS) is 23.0. The predicted octanol–water partition coefficient (Wildman–Crippen LogP) is 6.18. The molecule has 17 atom stereocenters. The number of unbranched alkanes of at least 4 members (excludes halogenated alkanes) is 33. The summed E-state index contributed by atoms with van der Waals surface area (Å²) in [5, 5.41) is 131. The Hall–Kier alpha value is -4.30. The van der Waals surface area contributed by atoms with Gasteiger partial charge in [-0.05, 0) is 77.0 Å². The molecule has 0 aliphatic carbocycles. The molecule has 3 fully saturated rings. The van der Waals surface area contributed by atoms with Crippen LogP contribution in [-0.2, 0) is 80.9 Å². The van der Waals surface area contributed by atoms with Gasteiger partial charge in [0, 0.05) is 98.0 Å². The summed E-state index contributed by atoms with van der Waals surface area (Å²) in [7, 11) is 0. The Balaban J connectivity index is 1.55. The molecule has 0 spiro atoms. The van der Waals surface area contributed by atoms with Gasteiger partial charge in [0.15, 0.2) is 18.9 Å². The molecule has 3 heterocycles. The fourth-order valence-electron chi connectivity index (χ4n) is 15.1. The van der Waals surface area contributed by atoms with Gasteiger partial charge >= 0.3 is 12.1 Å². The third-order valence-electron chi connectivity index (χ3n) is 23.1. The number of hydrogen-bond acceptors (Lipinski definition) is 31. The van der Waals surface area contributed by atoms with Crippen molar-refractivity contribution >= 4 is 35.7 Å². The lowest BCUT2D eigenvalue weighted by atomic mass is 9.99. The van der Waals surface area contributed by atoms with Crippen molar-refractivity contribution in [1.29, 1.82) is 0 Å². The number of nitrogens with zero attached hydrogens (tertiary/aromatic N) is 1. The predicted molar refractivity (Wildman–Crippen MR) is 473 cm³/mol. The number of amides is 5. The van der Waals surface area contributed by atoms with Crippen LogP contribution in [0.15, 0.2) is 0 Å². The Morgan fingerprint density at radius 1 is 0.339 bits per heavy atom. The molecule has 3 rings (SSSR count). The zero-order chi connectivity index (χ0) is 92.5. The summed E-state index contributed by atoms with van der Waals surface area (Å²) in [6.07, 6.45) is 21.2. The van der Waals surface area contributed by atoms with E-state index in [1.54, 1.807) is 0 Å². The molecule has 0 aromatic carbocycles. The lowest BCUT2D eigenvalue weighted by Crippen LogP contribution is -2.59. The minimum absolute atomic E-state index is 0.00619. The van der Waals surface area contributed by atoms with E-state index in [1.807, 2.05) is 0 Å². The highest BCUT2D eigenvalue weighted by Gasteiger charge is 2.46. The molecule has 3 aliphatic rings. The fraction of sp³-hybridized carbons (Fsp3) is 0.934. The lowest BCUT2D eigenvalue weighted by molar-refractivity contribution is -0.301. The summed E-state index contributed by atoms with van der Waals surface area (Å²) in [5.74, 6) is -2.26. The van der Waals surface area contributed by atoms with E-state index >= 15 is 0 Å². The molecule has 3 aliphatic heterocycles. The summed E-state index contributed by atoms with van der Waals surface area (Å²) >= 11 is 0. The van der Waals surface area contributed by atoms with E-state index in [0.29, 0.717) is 51.9 Å². The summed E-state index contributed by atoms with van der Waals surface area (Å²) < 4.78 is 62.2. The molecule has 0 radical (unpaired) electrons. The van der Waals surface area contributed by atoms with Gasteiger partial charge in [-0.3, -0.25) is 24.0 Å². The number of rotatable bonds is 84. The first kappa shape index (κ1) is 117. The third-order valence-corrected chi connectivity index (χ3v) is 23.1. The quantitative estimate of drug-likeness (QED) is 0.0239. The molecule has 0 aromatic heterocycles. The molecule has 746 valence electrons. The van der Waals surface area contributed by atoms with Gasteiger partial charge in [0.25, 0.3) is 0 Å². The van der Waals surface area contributed by atoms with Crippen LogP contribution in [0.4, 0.5) is 4.79 Å². The highest BCUT2D eigenvalue weighted by Crippen LogP contribution is 2.27. The Bertz CT molecular complexity index is 2610. The van der Waals surface area contributed by atoms with Crippen LogP contribution in [0.2, 0.25) is 0 Å². The molecule has 36 nitrogen and oxygen atoms in total. The molecule has 16 unspecified atom stereocenters. The molecule has 0 aromatic rings. The molecule has 5 amide bonds. The number of alkyl carbamates (subject to hydrolysis) is 1. The first-order valence-corrected chi connectivity index (χ1v) is 48.8. The minimum atomic E-state index is -1.61. The van der Waals surface area contributed by atoms with Gasteiger partial charge in [0.1, 0.15) is 92.0 Å². The molecule has 36 heteroatoms. The van der Waals surface area contributed by atoms with Crippen LogP contribution in [-0.4, -0.2) is 338 Å². The van der Waals surface area contributed by atoms with E-state index in [1.165, 1.54) is 185 Å². The Morgan fingerprint density at radius 3 is 1.13 bits per heavy atom. The standard InChI is InChI=1S/C91H172N6O30/c1-3-5-7-9-11-13-15-17-19-21-23-25-27-29-31-36-55-118-67-69(119-56-37-32-30-28-26-24-22-20-18-16-14-12-10-8-6-4-2)68-123-91(115)94-52-61-117-63-62-116-60-48-76(103)96-70(44-41-51-95-127-77(104)47-35-40-59-122-90-86(113)83(110)80(107)73(66-100)126-90)87(114)97(53-42-49-92-74(101)45-33-38-57-120-88-84(111)81(108)78(105)71(64-98)124-88)54-43-50-93-75(102)46-34-39-58-121-89-85(112)82(109)79(106)72(65-99)125-89/h69-73,78-86,88-90,95,98-100,105-113H,3-68H2,1-2H3,(H,92,101)(H,93,102)(H,94,115)(H,96,103)/t69?,70-,71?,72?,73?,78?,79?,80?,81?,82?,83?,84?,85?,86?,88?,89?,90?/m0/s1. The van der Waals surface area contributed by atoms with Crippen molar-refractivity contribution in [2.24, 2.45) is 0 Å². The van der Waals surface area contributed by atoms with Crippen molar-refractivity contribution in [2.45, 2.75) is 413 Å². The third kappa shape index (κ3) is 56.5. The number of nitrogens with one attached hydrogen (secondary N) is 5. The van der Waals surface area contributed by atoms with Gasteiger partial charge in [-0.2, -0.15) is 5.48 Å². The second-order valence-corrected chi connectivity index (χ2v) is 34.1. The highest BCUT2D eigenvalue weighted by atomic mass is 16.7. The molecular weight excluding hydrogens is 1660 g/mol. The van der Waals surface area contributed by atoms with Crippen LogP contribution in [0.3, 0.4) is 0 Å². The molecule has 127 heavy (non-hydrogen) atoms. The van der Waals surface area contributed by atoms with E-state index in [2.05, 4.69) is 40.6 Å². The van der Waals surface area contributed by atoms with Crippen LogP contribution in [0.1, 0.15) is 309 Å². The zero-order valence-electron chi connectivity index (χ0n) is 77.1. The topological polar surface area (TPSA) is 519 Å². The maximum Gasteiger partial charge on any atom is 0.407 e. The van der Waals surface area contributed by atoms with Crippen molar-refractivity contribution in [3.8, 4) is 0 Å². The number of hydrogen-bond donors (Lipinski definition) is 17. The Labute approximate surface area is 756 Å². The molecule has 0 saturated carbocycles. The minimum Gasteiger partial charge on any atom is -0.447 e. The van der Waals surface area contributed by atoms with Gasteiger partial charge in [-0.25, -0.2) is 4.79 Å². The molecular formula is C91H172N6O30. The Morgan fingerprint density at radius 2 is 0.717 bits per heavy atom. The second-order valence-electron chi connectivity index (χ2n) is 34.1. The van der Waals surface area contributed by atoms with Crippen molar-refractivity contribution < 1.29 is 147 Å². The number of carbonyl (C=O) groups excluding carboxylic acids is 6. The smallest absolute Gasteiger partial charge is 0.407 e. The van der Waals surface area contributed by atoms with Gasteiger partial charge in [-0.1, -0.05) is 206 Å². The van der Waals surface area contributed by atoms with Crippen molar-refractivity contribution in [2.75, 3.05) is 132 Å². The average Bonchev–Trinajstić information content (AvgIpc) is 0.833. The van der Waals surface area contributed by atoms with Crippen molar-refractivity contribution in [1.82, 2.24) is 31.6 Å². The largest absolute Gasteiger partial charge is 0.447 e. The van der Waals surface area contributed by atoms with Gasteiger partial charge in [-0.15, -0.1) is 0 Å². The number of carbonyl (C=O) groups is 6. The van der Waals surface area contributed by atoms with Crippen LogP contribution in [0, 0.1) is 0 Å². The molecule has 17 N–H and O–H groups in total. The molecule has 0 bridgehead atoms. The van der Waals surface area contributed by atoms with Crippen molar-refractivity contribution in [3.63, 3.8) is 0 Å². The number of ether oxygens (including phenoxy) is 11. The first-order valence-electron chi connectivity index (χ1n) is 48.8. The maximum atomic E-state index is 14.8. The van der Waals surface area contributed by atoms with Crippen LogP contribution < -0.4 is 26.7 Å². The summed E-state index contributed by atoms with van der Waals surface area (Å²) in [4.78, 5) is 87.1. The van der Waals surface area contributed by atoms with Gasteiger partial charge in [0.2, 0.25) is 23.6 Å². The highest BCUT2D eigenvalue weighted by molar-refractivity contribution is 5.87. The van der Waals surface area contributed by atoms with E-state index in [-0.39, 0.29) is 162 Å².